The van der Waals surface area contributed by atoms with Gasteiger partial charge in [-0.2, -0.15) is 0 Å². The molecule has 0 atom stereocenters. The first kappa shape index (κ1) is 33.6. The minimum absolute atomic E-state index is 0.901. The van der Waals surface area contributed by atoms with Crippen molar-refractivity contribution in [2.75, 3.05) is 4.90 Å². The Morgan fingerprint density at radius 2 is 0.690 bits per heavy atom. The van der Waals surface area contributed by atoms with Crippen molar-refractivity contribution in [3.8, 4) is 44.5 Å². The van der Waals surface area contributed by atoms with E-state index in [1.165, 1.54) is 43.8 Å². The van der Waals surface area contributed by atoms with Crippen molar-refractivity contribution in [3.05, 3.63) is 224 Å². The Balaban J connectivity index is 1.13. The Morgan fingerprint density at radius 1 is 0.276 bits per heavy atom. The number of hydrogen-bond donors (Lipinski definition) is 0. The summed E-state index contributed by atoms with van der Waals surface area (Å²) in [4.78, 5) is 2.44. The lowest BCUT2D eigenvalue weighted by atomic mass is 9.90. The van der Waals surface area contributed by atoms with Crippen LogP contribution in [0, 0.1) is 0 Å². The third-order valence-electron chi connectivity index (χ3n) is 11.5. The van der Waals surface area contributed by atoms with E-state index in [0.29, 0.717) is 0 Å². The number of furan rings is 1. The molecule has 0 saturated heterocycles. The van der Waals surface area contributed by atoms with Gasteiger partial charge in [0.1, 0.15) is 11.2 Å². The molecular weight excluding hydrogens is 703 g/mol. The molecule has 0 bridgehead atoms. The van der Waals surface area contributed by atoms with Gasteiger partial charge in [0.05, 0.1) is 11.4 Å². The molecule has 1 heterocycles. The Kier molecular flexibility index (Phi) is 8.19. The Morgan fingerprint density at radius 3 is 1.34 bits per heavy atom. The molecule has 0 fully saturated rings. The van der Waals surface area contributed by atoms with E-state index in [1.54, 1.807) is 0 Å². The van der Waals surface area contributed by atoms with Gasteiger partial charge in [-0.1, -0.05) is 194 Å². The van der Waals surface area contributed by atoms with E-state index in [1.807, 2.05) is 12.1 Å². The highest BCUT2D eigenvalue weighted by atomic mass is 16.3. The topological polar surface area (TPSA) is 16.4 Å². The predicted molar refractivity (Wildman–Crippen MR) is 245 cm³/mol. The van der Waals surface area contributed by atoms with Crippen LogP contribution in [0.15, 0.2) is 229 Å². The number of benzene rings is 10. The van der Waals surface area contributed by atoms with Crippen molar-refractivity contribution in [1.82, 2.24) is 0 Å². The highest BCUT2D eigenvalue weighted by Crippen LogP contribution is 2.48. The minimum atomic E-state index is 0.901. The molecule has 10 aromatic carbocycles. The van der Waals surface area contributed by atoms with Gasteiger partial charge in [0, 0.05) is 33.2 Å². The zero-order chi connectivity index (χ0) is 38.4. The summed E-state index contributed by atoms with van der Waals surface area (Å²) in [6, 6.07) is 80.7. The Bertz CT molecular complexity index is 3290. The molecular formula is C56H37NO. The van der Waals surface area contributed by atoms with Gasteiger partial charge >= 0.3 is 0 Å². The highest BCUT2D eigenvalue weighted by molar-refractivity contribution is 6.10. The maximum absolute atomic E-state index is 6.48. The standard InChI is InChI=1S/C56H37NO/c1-3-20-42-38(16-1)18-13-28-45(42)47-22-5-6-23-48(47)50-25-8-11-32-54(50)57(53-31-10-7-24-49(53)46-29-14-19-39-17-2-4-21-43(39)46)41-36-34-40(35-37-41)44-27-15-30-52-51-26-9-12-33-55(51)58-56(44)52/h1-37H. The van der Waals surface area contributed by atoms with Crippen LogP contribution in [0.3, 0.4) is 0 Å². The van der Waals surface area contributed by atoms with Crippen LogP contribution < -0.4 is 4.90 Å². The average molecular weight is 740 g/mol. The second-order valence-corrected chi connectivity index (χ2v) is 14.8. The fourth-order valence-corrected chi connectivity index (χ4v) is 8.84. The molecule has 0 aliphatic heterocycles. The highest BCUT2D eigenvalue weighted by Gasteiger charge is 2.23. The lowest BCUT2D eigenvalue weighted by molar-refractivity contribution is 0.670. The molecule has 0 spiro atoms. The lowest BCUT2D eigenvalue weighted by Crippen LogP contribution is -2.12. The lowest BCUT2D eigenvalue weighted by Gasteiger charge is -2.30. The van der Waals surface area contributed by atoms with E-state index in [-0.39, 0.29) is 0 Å². The first-order valence-corrected chi connectivity index (χ1v) is 19.8. The molecule has 11 aromatic rings. The van der Waals surface area contributed by atoms with Crippen LogP contribution in [0.4, 0.5) is 17.1 Å². The van der Waals surface area contributed by atoms with Crippen molar-refractivity contribution in [2.24, 2.45) is 0 Å². The largest absolute Gasteiger partial charge is 0.455 e. The van der Waals surface area contributed by atoms with Crippen LogP contribution in [0.1, 0.15) is 0 Å². The van der Waals surface area contributed by atoms with Gasteiger partial charge < -0.3 is 9.32 Å². The quantitative estimate of drug-likeness (QED) is 0.162. The molecule has 0 unspecified atom stereocenters. The number of hydrogen-bond acceptors (Lipinski definition) is 2. The van der Waals surface area contributed by atoms with Crippen molar-refractivity contribution in [2.45, 2.75) is 0 Å². The summed E-state index contributed by atoms with van der Waals surface area (Å²) in [5, 5.41) is 7.17. The van der Waals surface area contributed by atoms with Gasteiger partial charge in [0.15, 0.2) is 0 Å². The van der Waals surface area contributed by atoms with E-state index in [2.05, 4.69) is 217 Å². The fraction of sp³-hybridized carbons (Fsp3) is 0. The van der Waals surface area contributed by atoms with Gasteiger partial charge in [0.25, 0.3) is 0 Å². The van der Waals surface area contributed by atoms with Crippen LogP contribution in [-0.2, 0) is 0 Å². The molecule has 0 aliphatic rings. The minimum Gasteiger partial charge on any atom is -0.455 e. The van der Waals surface area contributed by atoms with Gasteiger partial charge in [-0.3, -0.25) is 0 Å². The molecule has 2 heteroatoms. The maximum Gasteiger partial charge on any atom is 0.143 e. The second-order valence-electron chi connectivity index (χ2n) is 14.8. The van der Waals surface area contributed by atoms with Crippen LogP contribution in [0.5, 0.6) is 0 Å². The molecule has 0 N–H and O–H groups in total. The zero-order valence-corrected chi connectivity index (χ0v) is 31.7. The number of rotatable bonds is 7. The van der Waals surface area contributed by atoms with Crippen LogP contribution in [0.25, 0.3) is 88.0 Å². The second kappa shape index (κ2) is 14.1. The van der Waals surface area contributed by atoms with E-state index >= 15 is 0 Å². The fourth-order valence-electron chi connectivity index (χ4n) is 8.84. The molecule has 1 aromatic heterocycles. The van der Waals surface area contributed by atoms with Gasteiger partial charge in [-0.15, -0.1) is 0 Å². The van der Waals surface area contributed by atoms with E-state index < -0.39 is 0 Å². The third kappa shape index (κ3) is 5.66. The number of nitrogens with zero attached hydrogens (tertiary/aromatic N) is 1. The van der Waals surface area contributed by atoms with Crippen LogP contribution >= 0.6 is 0 Å². The average Bonchev–Trinajstić information content (AvgIpc) is 3.69. The molecule has 272 valence electrons. The number of fused-ring (bicyclic) bond motifs is 5. The third-order valence-corrected chi connectivity index (χ3v) is 11.5. The van der Waals surface area contributed by atoms with E-state index in [0.717, 1.165) is 61.3 Å². The smallest absolute Gasteiger partial charge is 0.143 e. The Labute approximate surface area is 337 Å². The summed E-state index contributed by atoms with van der Waals surface area (Å²) < 4.78 is 6.48. The first-order chi connectivity index (χ1) is 28.8. The van der Waals surface area contributed by atoms with Gasteiger partial charge in [0.2, 0.25) is 0 Å². The Hall–Kier alpha value is -7.68. The first-order valence-electron chi connectivity index (χ1n) is 19.8. The summed E-state index contributed by atoms with van der Waals surface area (Å²) in [6.45, 7) is 0. The van der Waals surface area contributed by atoms with Crippen molar-refractivity contribution < 1.29 is 4.42 Å². The summed E-state index contributed by atoms with van der Waals surface area (Å²) in [7, 11) is 0. The van der Waals surface area contributed by atoms with Crippen molar-refractivity contribution in [1.29, 1.82) is 0 Å². The summed E-state index contributed by atoms with van der Waals surface area (Å²) in [6.07, 6.45) is 0. The molecule has 0 radical (unpaired) electrons. The predicted octanol–water partition coefficient (Wildman–Crippen LogP) is 16.0. The van der Waals surface area contributed by atoms with Crippen LogP contribution in [-0.4, -0.2) is 0 Å². The summed E-state index contributed by atoms with van der Waals surface area (Å²) >= 11 is 0. The SMILES string of the molecule is c1ccc(-c2cccc3ccccc23)c(-c2ccccc2N(c2ccc(-c3cccc4c3oc3ccccc34)cc2)c2ccccc2-c2cccc3ccccc23)c1. The van der Waals surface area contributed by atoms with Gasteiger partial charge in [-0.25, -0.2) is 0 Å². The number of para-hydroxylation sites is 4. The molecule has 0 amide bonds. The van der Waals surface area contributed by atoms with E-state index in [4.69, 9.17) is 4.42 Å². The normalized spacial score (nSPS) is 11.4. The molecule has 0 aliphatic carbocycles. The van der Waals surface area contributed by atoms with E-state index in [9.17, 15) is 0 Å². The molecule has 0 saturated carbocycles. The summed E-state index contributed by atoms with van der Waals surface area (Å²) in [5.41, 5.74) is 14.3. The molecule has 58 heavy (non-hydrogen) atoms. The summed E-state index contributed by atoms with van der Waals surface area (Å²) in [5.74, 6) is 0. The van der Waals surface area contributed by atoms with Gasteiger partial charge in [-0.05, 0) is 79.7 Å². The maximum atomic E-state index is 6.48. The number of anilines is 3. The zero-order valence-electron chi connectivity index (χ0n) is 31.7. The van der Waals surface area contributed by atoms with Crippen LogP contribution in [0.2, 0.25) is 0 Å². The monoisotopic (exact) mass is 739 g/mol. The molecule has 2 nitrogen and oxygen atoms in total. The van der Waals surface area contributed by atoms with Crippen molar-refractivity contribution in [3.63, 3.8) is 0 Å². The van der Waals surface area contributed by atoms with Crippen molar-refractivity contribution >= 4 is 60.5 Å². The molecule has 11 rings (SSSR count).